The van der Waals surface area contributed by atoms with E-state index in [1.54, 1.807) is 0 Å². The molecule has 0 aromatic carbocycles. The second-order valence-electron chi connectivity index (χ2n) is 5.41. The molecule has 17 heavy (non-hydrogen) atoms. The summed E-state index contributed by atoms with van der Waals surface area (Å²) >= 11 is 0. The maximum Gasteiger partial charge on any atom is 0.0110 e. The monoisotopic (exact) mass is 240 g/mol. The fourth-order valence-corrected chi connectivity index (χ4v) is 2.98. The molecular formula is C15H32N2. The first-order valence-corrected chi connectivity index (χ1v) is 7.79. The van der Waals surface area contributed by atoms with Gasteiger partial charge >= 0.3 is 0 Å². The van der Waals surface area contributed by atoms with Gasteiger partial charge in [0.25, 0.3) is 0 Å². The molecule has 1 fully saturated rings. The fraction of sp³-hybridized carbons (Fsp3) is 1.00. The van der Waals surface area contributed by atoms with Crippen LogP contribution in [0.1, 0.15) is 65.7 Å². The number of hydrogen-bond donors (Lipinski definition) is 1. The van der Waals surface area contributed by atoms with Gasteiger partial charge in [-0.15, -0.1) is 0 Å². The van der Waals surface area contributed by atoms with Crippen molar-refractivity contribution in [1.82, 2.24) is 10.2 Å². The average Bonchev–Trinajstić information content (AvgIpc) is 2.59. The first kappa shape index (κ1) is 15.0. The van der Waals surface area contributed by atoms with Crippen LogP contribution in [0.15, 0.2) is 0 Å². The number of nitrogens with zero attached hydrogens (tertiary/aromatic N) is 1. The van der Waals surface area contributed by atoms with Gasteiger partial charge in [0.15, 0.2) is 0 Å². The van der Waals surface area contributed by atoms with Gasteiger partial charge in [0.1, 0.15) is 0 Å². The van der Waals surface area contributed by atoms with E-state index in [1.807, 2.05) is 0 Å². The highest BCUT2D eigenvalue weighted by Crippen LogP contribution is 2.18. The molecule has 2 heteroatoms. The molecule has 0 amide bonds. The molecule has 1 N–H and O–H groups in total. The molecule has 1 aliphatic heterocycles. The van der Waals surface area contributed by atoms with Crippen LogP contribution in [-0.2, 0) is 0 Å². The van der Waals surface area contributed by atoms with Crippen molar-refractivity contribution in [1.29, 1.82) is 0 Å². The molecule has 0 radical (unpaired) electrons. The number of nitrogens with one attached hydrogen (secondary N) is 1. The van der Waals surface area contributed by atoms with Gasteiger partial charge in [-0.2, -0.15) is 0 Å². The highest BCUT2D eigenvalue weighted by molar-refractivity contribution is 4.75. The molecule has 0 bridgehead atoms. The molecule has 1 atom stereocenters. The molecule has 1 heterocycles. The van der Waals surface area contributed by atoms with Crippen molar-refractivity contribution in [3.8, 4) is 0 Å². The molecule has 1 saturated heterocycles. The molecule has 0 aromatic rings. The Balaban J connectivity index is 2.27. The molecule has 0 aromatic heterocycles. The van der Waals surface area contributed by atoms with E-state index in [0.29, 0.717) is 0 Å². The zero-order valence-electron chi connectivity index (χ0n) is 12.2. The third-order valence-corrected chi connectivity index (χ3v) is 4.29. The number of rotatable bonds is 7. The highest BCUT2D eigenvalue weighted by atomic mass is 15.2. The Morgan fingerprint density at radius 1 is 1.12 bits per heavy atom. The lowest BCUT2D eigenvalue weighted by molar-refractivity contribution is 0.192. The molecule has 0 spiro atoms. The van der Waals surface area contributed by atoms with E-state index in [0.717, 1.165) is 12.1 Å². The lowest BCUT2D eigenvalue weighted by Crippen LogP contribution is -2.41. The van der Waals surface area contributed by atoms with Crippen molar-refractivity contribution in [2.75, 3.05) is 19.6 Å². The van der Waals surface area contributed by atoms with Crippen LogP contribution in [0.3, 0.4) is 0 Å². The van der Waals surface area contributed by atoms with E-state index < -0.39 is 0 Å². The smallest absolute Gasteiger partial charge is 0.0110 e. The van der Waals surface area contributed by atoms with E-state index in [-0.39, 0.29) is 0 Å². The summed E-state index contributed by atoms with van der Waals surface area (Å²) in [7, 11) is 0. The van der Waals surface area contributed by atoms with Gasteiger partial charge in [0, 0.05) is 25.2 Å². The van der Waals surface area contributed by atoms with Crippen LogP contribution in [0.4, 0.5) is 0 Å². The third-order valence-electron chi connectivity index (χ3n) is 4.29. The fourth-order valence-electron chi connectivity index (χ4n) is 2.98. The third kappa shape index (κ3) is 5.39. The first-order chi connectivity index (χ1) is 8.31. The molecule has 1 rings (SSSR count). The normalized spacial score (nSPS) is 22.9. The van der Waals surface area contributed by atoms with Crippen LogP contribution < -0.4 is 5.32 Å². The van der Waals surface area contributed by atoms with Gasteiger partial charge in [0.05, 0.1) is 0 Å². The van der Waals surface area contributed by atoms with Gasteiger partial charge in [-0.3, -0.25) is 4.90 Å². The van der Waals surface area contributed by atoms with Gasteiger partial charge in [0.2, 0.25) is 0 Å². The summed E-state index contributed by atoms with van der Waals surface area (Å²) < 4.78 is 0. The molecule has 1 unspecified atom stereocenters. The zero-order valence-corrected chi connectivity index (χ0v) is 12.2. The summed E-state index contributed by atoms with van der Waals surface area (Å²) in [5.74, 6) is 0. The van der Waals surface area contributed by atoms with Crippen molar-refractivity contribution in [2.45, 2.75) is 77.8 Å². The van der Waals surface area contributed by atoms with Gasteiger partial charge in [-0.05, 0) is 38.6 Å². The maximum absolute atomic E-state index is 3.69. The minimum absolute atomic E-state index is 0.724. The summed E-state index contributed by atoms with van der Waals surface area (Å²) in [6.07, 6.45) is 9.54. The standard InChI is InChI=1S/C15H32N2/c1-4-14(5-2)16-11-13-17-12-9-7-8-10-15(17)6-3/h14-16H,4-13H2,1-3H3. The Labute approximate surface area is 108 Å². The van der Waals surface area contributed by atoms with Crippen molar-refractivity contribution in [3.63, 3.8) is 0 Å². The summed E-state index contributed by atoms with van der Waals surface area (Å²) in [6, 6.07) is 1.57. The molecule has 0 aliphatic carbocycles. The minimum atomic E-state index is 0.724. The van der Waals surface area contributed by atoms with Crippen molar-refractivity contribution < 1.29 is 0 Å². The van der Waals surface area contributed by atoms with Crippen molar-refractivity contribution in [3.05, 3.63) is 0 Å². The summed E-state index contributed by atoms with van der Waals surface area (Å²) in [5.41, 5.74) is 0. The lowest BCUT2D eigenvalue weighted by atomic mass is 10.1. The van der Waals surface area contributed by atoms with E-state index >= 15 is 0 Å². The summed E-state index contributed by atoms with van der Waals surface area (Å²) in [6.45, 7) is 10.6. The largest absolute Gasteiger partial charge is 0.313 e. The Kier molecular flexibility index (Phi) is 7.87. The molecule has 102 valence electrons. The molecule has 0 saturated carbocycles. The number of likely N-dealkylation sites (tertiary alicyclic amines) is 1. The van der Waals surface area contributed by atoms with Gasteiger partial charge < -0.3 is 5.32 Å². The van der Waals surface area contributed by atoms with Crippen molar-refractivity contribution in [2.24, 2.45) is 0 Å². The average molecular weight is 240 g/mol. The minimum Gasteiger partial charge on any atom is -0.313 e. The summed E-state index contributed by atoms with van der Waals surface area (Å²) in [4.78, 5) is 2.72. The van der Waals surface area contributed by atoms with E-state index in [1.165, 1.54) is 64.6 Å². The zero-order chi connectivity index (χ0) is 12.5. The Hall–Kier alpha value is -0.0800. The Morgan fingerprint density at radius 2 is 1.88 bits per heavy atom. The second kappa shape index (κ2) is 8.93. The van der Waals surface area contributed by atoms with Gasteiger partial charge in [-0.25, -0.2) is 0 Å². The number of hydrogen-bond acceptors (Lipinski definition) is 2. The lowest BCUT2D eigenvalue weighted by Gasteiger charge is -2.29. The van der Waals surface area contributed by atoms with E-state index in [4.69, 9.17) is 0 Å². The highest BCUT2D eigenvalue weighted by Gasteiger charge is 2.18. The van der Waals surface area contributed by atoms with Crippen LogP contribution >= 0.6 is 0 Å². The Bertz CT molecular complexity index is 178. The van der Waals surface area contributed by atoms with Crippen LogP contribution in [0.2, 0.25) is 0 Å². The van der Waals surface area contributed by atoms with Crippen LogP contribution in [0.25, 0.3) is 0 Å². The van der Waals surface area contributed by atoms with Crippen LogP contribution in [-0.4, -0.2) is 36.6 Å². The predicted octanol–water partition coefficient (Wildman–Crippen LogP) is 3.42. The van der Waals surface area contributed by atoms with E-state index in [2.05, 4.69) is 31.0 Å². The van der Waals surface area contributed by atoms with E-state index in [9.17, 15) is 0 Å². The topological polar surface area (TPSA) is 15.3 Å². The molecular weight excluding hydrogens is 208 g/mol. The second-order valence-corrected chi connectivity index (χ2v) is 5.41. The predicted molar refractivity (Wildman–Crippen MR) is 76.5 cm³/mol. The maximum atomic E-state index is 3.69. The molecule has 1 aliphatic rings. The van der Waals surface area contributed by atoms with Crippen LogP contribution in [0.5, 0.6) is 0 Å². The molecule has 2 nitrogen and oxygen atoms in total. The summed E-state index contributed by atoms with van der Waals surface area (Å²) in [5, 5.41) is 3.69. The quantitative estimate of drug-likeness (QED) is 0.733. The van der Waals surface area contributed by atoms with Crippen LogP contribution in [0, 0.1) is 0 Å². The van der Waals surface area contributed by atoms with Gasteiger partial charge in [-0.1, -0.05) is 33.6 Å². The van der Waals surface area contributed by atoms with Crippen molar-refractivity contribution >= 4 is 0 Å². The SMILES string of the molecule is CCC(CC)NCCN1CCCCCC1CC. The first-order valence-electron chi connectivity index (χ1n) is 7.79. The Morgan fingerprint density at radius 3 is 2.53 bits per heavy atom.